The van der Waals surface area contributed by atoms with Gasteiger partial charge in [-0.3, -0.25) is 4.79 Å². The van der Waals surface area contributed by atoms with E-state index in [1.165, 1.54) is 48.3 Å². The summed E-state index contributed by atoms with van der Waals surface area (Å²) in [5, 5.41) is 14.9. The van der Waals surface area contributed by atoms with Crippen LogP contribution in [0.5, 0.6) is 0 Å². The van der Waals surface area contributed by atoms with Gasteiger partial charge >= 0.3 is 0 Å². The van der Waals surface area contributed by atoms with Crippen molar-refractivity contribution in [1.29, 1.82) is 0 Å². The second-order valence-corrected chi connectivity index (χ2v) is 7.15. The standard InChI is InChI=1S/C21H23FN6O/c22-17-7-5-16(6-8-17)21-24-26-28(25-21)15-20(29)23-18-9-11-19(12-10-18)27-13-3-1-2-4-14-27/h5-12H,1-4,13-15H2,(H,23,29). The Hall–Kier alpha value is -3.29. The lowest BCUT2D eigenvalue weighted by Gasteiger charge is -2.22. The Bertz CT molecular complexity index is 946. The quantitative estimate of drug-likeness (QED) is 0.717. The maximum atomic E-state index is 13.0. The molecule has 0 saturated carbocycles. The number of amides is 1. The molecule has 0 bridgehead atoms. The summed E-state index contributed by atoms with van der Waals surface area (Å²) in [6.45, 7) is 2.11. The fraction of sp³-hybridized carbons (Fsp3) is 0.333. The Balaban J connectivity index is 1.34. The van der Waals surface area contributed by atoms with Crippen LogP contribution in [0.1, 0.15) is 25.7 Å². The lowest BCUT2D eigenvalue weighted by atomic mass is 10.2. The lowest BCUT2D eigenvalue weighted by molar-refractivity contribution is -0.117. The summed E-state index contributed by atoms with van der Waals surface area (Å²) in [6, 6.07) is 13.7. The number of nitrogens with zero attached hydrogens (tertiary/aromatic N) is 5. The average Bonchev–Trinajstić information content (AvgIpc) is 3.01. The number of hydrogen-bond acceptors (Lipinski definition) is 5. The van der Waals surface area contributed by atoms with E-state index in [-0.39, 0.29) is 18.3 Å². The third kappa shape index (κ3) is 4.96. The predicted molar refractivity (Wildman–Crippen MR) is 109 cm³/mol. The Labute approximate surface area is 168 Å². The highest BCUT2D eigenvalue weighted by molar-refractivity contribution is 5.90. The Morgan fingerprint density at radius 1 is 0.966 bits per heavy atom. The van der Waals surface area contributed by atoms with Crippen LogP contribution in [-0.4, -0.2) is 39.2 Å². The minimum atomic E-state index is -0.331. The zero-order valence-electron chi connectivity index (χ0n) is 16.1. The van der Waals surface area contributed by atoms with Crippen LogP contribution in [0.2, 0.25) is 0 Å². The van der Waals surface area contributed by atoms with Crippen molar-refractivity contribution >= 4 is 17.3 Å². The van der Waals surface area contributed by atoms with Crippen LogP contribution in [0.4, 0.5) is 15.8 Å². The maximum Gasteiger partial charge on any atom is 0.248 e. The highest BCUT2D eigenvalue weighted by Gasteiger charge is 2.12. The van der Waals surface area contributed by atoms with Gasteiger partial charge in [-0.05, 0) is 66.6 Å². The number of carbonyl (C=O) groups is 1. The second-order valence-electron chi connectivity index (χ2n) is 7.15. The van der Waals surface area contributed by atoms with E-state index in [2.05, 4.69) is 25.6 Å². The molecule has 1 amide bonds. The van der Waals surface area contributed by atoms with Crippen LogP contribution in [0.3, 0.4) is 0 Å². The predicted octanol–water partition coefficient (Wildman–Crippen LogP) is 3.50. The van der Waals surface area contributed by atoms with Crippen molar-refractivity contribution in [1.82, 2.24) is 20.2 Å². The number of anilines is 2. The van der Waals surface area contributed by atoms with Crippen LogP contribution in [0, 0.1) is 5.82 Å². The van der Waals surface area contributed by atoms with Gasteiger partial charge in [-0.25, -0.2) is 4.39 Å². The summed E-state index contributed by atoms with van der Waals surface area (Å²) in [4.78, 5) is 15.9. The molecule has 1 saturated heterocycles. The van der Waals surface area contributed by atoms with Crippen LogP contribution >= 0.6 is 0 Å². The third-order valence-corrected chi connectivity index (χ3v) is 4.96. The minimum absolute atomic E-state index is 0.0535. The van der Waals surface area contributed by atoms with Crippen molar-refractivity contribution in [2.75, 3.05) is 23.3 Å². The Morgan fingerprint density at radius 2 is 1.66 bits per heavy atom. The van der Waals surface area contributed by atoms with Crippen molar-refractivity contribution in [3.8, 4) is 11.4 Å². The fourth-order valence-electron chi connectivity index (χ4n) is 3.44. The van der Waals surface area contributed by atoms with E-state index in [4.69, 9.17) is 0 Å². The molecule has 2 heterocycles. The molecule has 0 atom stereocenters. The zero-order chi connectivity index (χ0) is 20.1. The molecule has 0 spiro atoms. The van der Waals surface area contributed by atoms with Gasteiger partial charge in [0.2, 0.25) is 11.7 Å². The second kappa shape index (κ2) is 8.81. The molecule has 150 valence electrons. The molecule has 0 radical (unpaired) electrons. The summed E-state index contributed by atoms with van der Waals surface area (Å²) in [5.41, 5.74) is 2.56. The van der Waals surface area contributed by atoms with Gasteiger partial charge in [0.05, 0.1) is 0 Å². The van der Waals surface area contributed by atoms with Crippen molar-refractivity contribution in [2.24, 2.45) is 0 Å². The molecule has 8 heteroatoms. The topological polar surface area (TPSA) is 75.9 Å². The SMILES string of the molecule is O=C(Cn1nnc(-c2ccc(F)cc2)n1)Nc1ccc(N2CCCCCC2)cc1. The van der Waals surface area contributed by atoms with Gasteiger partial charge in [0.25, 0.3) is 0 Å². The Kier molecular flexibility index (Phi) is 5.79. The monoisotopic (exact) mass is 394 g/mol. The molecule has 2 aromatic carbocycles. The van der Waals surface area contributed by atoms with Gasteiger partial charge in [0, 0.05) is 30.0 Å². The summed E-state index contributed by atoms with van der Waals surface area (Å²) in [7, 11) is 0. The molecular weight excluding hydrogens is 371 g/mol. The molecule has 1 fully saturated rings. The lowest BCUT2D eigenvalue weighted by Crippen LogP contribution is -2.24. The van der Waals surface area contributed by atoms with Crippen LogP contribution in [0.15, 0.2) is 48.5 Å². The maximum absolute atomic E-state index is 13.0. The molecule has 1 aromatic heterocycles. The van der Waals surface area contributed by atoms with Crippen molar-refractivity contribution in [2.45, 2.75) is 32.2 Å². The number of rotatable bonds is 5. The van der Waals surface area contributed by atoms with Crippen molar-refractivity contribution in [3.63, 3.8) is 0 Å². The number of carbonyl (C=O) groups excluding carboxylic acids is 1. The molecule has 3 aromatic rings. The van der Waals surface area contributed by atoms with Crippen molar-refractivity contribution in [3.05, 3.63) is 54.3 Å². The summed E-state index contributed by atoms with van der Waals surface area (Å²) >= 11 is 0. The van der Waals surface area contributed by atoms with Gasteiger partial charge in [-0.1, -0.05) is 12.8 Å². The molecule has 1 aliphatic heterocycles. The van der Waals surface area contributed by atoms with Gasteiger partial charge in [0.15, 0.2) is 0 Å². The first-order valence-electron chi connectivity index (χ1n) is 9.86. The van der Waals surface area contributed by atoms with E-state index in [1.54, 1.807) is 12.1 Å². The van der Waals surface area contributed by atoms with Crippen LogP contribution in [-0.2, 0) is 11.3 Å². The zero-order valence-corrected chi connectivity index (χ0v) is 16.1. The largest absolute Gasteiger partial charge is 0.372 e. The molecule has 1 N–H and O–H groups in total. The summed E-state index contributed by atoms with van der Waals surface area (Å²) in [5.74, 6) is -0.224. The van der Waals surface area contributed by atoms with E-state index >= 15 is 0 Å². The summed E-state index contributed by atoms with van der Waals surface area (Å²) in [6.07, 6.45) is 5.04. The highest BCUT2D eigenvalue weighted by atomic mass is 19.1. The number of hydrogen-bond donors (Lipinski definition) is 1. The minimum Gasteiger partial charge on any atom is -0.372 e. The van der Waals surface area contributed by atoms with E-state index in [9.17, 15) is 9.18 Å². The highest BCUT2D eigenvalue weighted by Crippen LogP contribution is 2.21. The normalized spacial score (nSPS) is 14.4. The molecule has 4 rings (SSSR count). The molecule has 1 aliphatic rings. The van der Waals surface area contributed by atoms with Gasteiger partial charge in [0.1, 0.15) is 12.4 Å². The number of benzene rings is 2. The van der Waals surface area contributed by atoms with E-state index in [0.717, 1.165) is 18.8 Å². The summed E-state index contributed by atoms with van der Waals surface area (Å²) < 4.78 is 13.0. The number of tetrazole rings is 1. The van der Waals surface area contributed by atoms with Crippen LogP contribution < -0.4 is 10.2 Å². The van der Waals surface area contributed by atoms with Gasteiger partial charge in [-0.2, -0.15) is 4.80 Å². The first-order valence-corrected chi connectivity index (χ1v) is 9.86. The van der Waals surface area contributed by atoms with E-state index < -0.39 is 0 Å². The van der Waals surface area contributed by atoms with Crippen LogP contribution in [0.25, 0.3) is 11.4 Å². The van der Waals surface area contributed by atoms with Gasteiger partial charge in [-0.15, -0.1) is 10.2 Å². The average molecular weight is 394 g/mol. The third-order valence-electron chi connectivity index (χ3n) is 4.96. The fourth-order valence-corrected chi connectivity index (χ4v) is 3.44. The van der Waals surface area contributed by atoms with E-state index in [1.807, 2.05) is 24.3 Å². The number of nitrogens with one attached hydrogen (secondary N) is 1. The first kappa shape index (κ1) is 19.0. The number of aromatic nitrogens is 4. The molecular formula is C21H23FN6O. The Morgan fingerprint density at radius 3 is 2.34 bits per heavy atom. The van der Waals surface area contributed by atoms with E-state index in [0.29, 0.717) is 11.4 Å². The number of halogens is 1. The molecule has 0 unspecified atom stereocenters. The first-order chi connectivity index (χ1) is 14.2. The van der Waals surface area contributed by atoms with Crippen molar-refractivity contribution < 1.29 is 9.18 Å². The molecule has 0 aliphatic carbocycles. The molecule has 7 nitrogen and oxygen atoms in total. The van der Waals surface area contributed by atoms with Gasteiger partial charge < -0.3 is 10.2 Å². The smallest absolute Gasteiger partial charge is 0.248 e. The molecule has 29 heavy (non-hydrogen) atoms.